The van der Waals surface area contributed by atoms with Crippen molar-refractivity contribution in [1.82, 2.24) is 15.3 Å². The van der Waals surface area contributed by atoms with Gasteiger partial charge in [0.15, 0.2) is 0 Å². The molecule has 1 aliphatic rings. The van der Waals surface area contributed by atoms with E-state index in [1.807, 2.05) is 0 Å². The molecule has 5 nitrogen and oxygen atoms in total. The standard InChI is InChI=1S/C19H16BrN3O2S2/c20-12-7-5-11(6-8-12)17(25)23-15(24)9-26-18-16-13-3-1-2-4-14(13)27-19(16)22-10-21-18/h5-8,10H,1-4,9H2,(H,23,24,25). The lowest BCUT2D eigenvalue weighted by Crippen LogP contribution is -2.31. The molecule has 0 aliphatic heterocycles. The van der Waals surface area contributed by atoms with E-state index in [1.54, 1.807) is 41.9 Å². The smallest absolute Gasteiger partial charge is 0.257 e. The number of benzene rings is 1. The number of fused-ring (bicyclic) bond motifs is 3. The van der Waals surface area contributed by atoms with E-state index in [-0.39, 0.29) is 11.7 Å². The van der Waals surface area contributed by atoms with Crippen LogP contribution in [0.5, 0.6) is 0 Å². The summed E-state index contributed by atoms with van der Waals surface area (Å²) in [6.07, 6.45) is 6.10. The van der Waals surface area contributed by atoms with Gasteiger partial charge in [0.05, 0.1) is 5.75 Å². The topological polar surface area (TPSA) is 72.0 Å². The highest BCUT2D eigenvalue weighted by atomic mass is 79.9. The number of halogens is 1. The number of aryl methyl sites for hydroxylation is 2. The molecule has 0 spiro atoms. The van der Waals surface area contributed by atoms with E-state index in [2.05, 4.69) is 31.2 Å². The van der Waals surface area contributed by atoms with Crippen molar-refractivity contribution in [2.45, 2.75) is 30.7 Å². The van der Waals surface area contributed by atoms with Crippen LogP contribution in [0.25, 0.3) is 10.2 Å². The Morgan fingerprint density at radius 2 is 1.93 bits per heavy atom. The molecule has 4 rings (SSSR count). The first-order chi connectivity index (χ1) is 13.1. The third kappa shape index (κ3) is 4.07. The van der Waals surface area contributed by atoms with Crippen molar-refractivity contribution >= 4 is 61.1 Å². The van der Waals surface area contributed by atoms with Crippen LogP contribution in [0.3, 0.4) is 0 Å². The summed E-state index contributed by atoms with van der Waals surface area (Å²) in [6, 6.07) is 6.88. The predicted molar refractivity (Wildman–Crippen MR) is 111 cm³/mol. The summed E-state index contributed by atoms with van der Waals surface area (Å²) in [5.41, 5.74) is 1.79. The molecule has 0 saturated heterocycles. The highest BCUT2D eigenvalue weighted by molar-refractivity contribution is 9.10. The van der Waals surface area contributed by atoms with Crippen LogP contribution >= 0.6 is 39.0 Å². The minimum absolute atomic E-state index is 0.138. The van der Waals surface area contributed by atoms with Gasteiger partial charge in [0.25, 0.3) is 5.91 Å². The van der Waals surface area contributed by atoms with Crippen molar-refractivity contribution in [3.8, 4) is 0 Å². The molecule has 1 aromatic carbocycles. The van der Waals surface area contributed by atoms with Crippen LogP contribution in [0.2, 0.25) is 0 Å². The quantitative estimate of drug-likeness (QED) is 0.460. The highest BCUT2D eigenvalue weighted by Gasteiger charge is 2.20. The summed E-state index contributed by atoms with van der Waals surface area (Å²) in [5, 5.41) is 4.35. The Labute approximate surface area is 173 Å². The summed E-state index contributed by atoms with van der Waals surface area (Å²) in [4.78, 5) is 35.6. The molecule has 138 valence electrons. The van der Waals surface area contributed by atoms with E-state index in [0.717, 1.165) is 32.6 Å². The molecule has 0 atom stereocenters. The molecule has 0 fully saturated rings. The lowest BCUT2D eigenvalue weighted by atomic mass is 9.97. The zero-order valence-electron chi connectivity index (χ0n) is 14.3. The Morgan fingerprint density at radius 3 is 2.74 bits per heavy atom. The van der Waals surface area contributed by atoms with Gasteiger partial charge in [-0.05, 0) is 55.5 Å². The van der Waals surface area contributed by atoms with E-state index in [0.29, 0.717) is 5.56 Å². The third-order valence-corrected chi connectivity index (χ3v) is 7.13. The Bertz CT molecular complexity index is 1020. The first kappa shape index (κ1) is 18.6. The molecule has 2 amide bonds. The number of aromatic nitrogens is 2. The van der Waals surface area contributed by atoms with Crippen LogP contribution in [0.15, 0.2) is 40.1 Å². The summed E-state index contributed by atoms with van der Waals surface area (Å²) in [6.45, 7) is 0. The predicted octanol–water partition coefficient (Wildman–Crippen LogP) is 4.38. The van der Waals surface area contributed by atoms with Gasteiger partial charge in [-0.15, -0.1) is 11.3 Å². The second-order valence-corrected chi connectivity index (χ2v) is 9.21. The SMILES string of the molecule is O=C(CSc1ncnc2sc3c(c12)CCCC3)NC(=O)c1ccc(Br)cc1. The number of rotatable bonds is 4. The summed E-state index contributed by atoms with van der Waals surface area (Å²) in [5.74, 6) is -0.587. The van der Waals surface area contributed by atoms with Crippen molar-refractivity contribution in [3.63, 3.8) is 0 Å². The molecule has 27 heavy (non-hydrogen) atoms. The molecule has 8 heteroatoms. The minimum Gasteiger partial charge on any atom is -0.292 e. The van der Waals surface area contributed by atoms with Crippen LogP contribution < -0.4 is 5.32 Å². The molecule has 0 saturated carbocycles. The molecular weight excluding hydrogens is 446 g/mol. The fourth-order valence-electron chi connectivity index (χ4n) is 3.14. The second kappa shape index (κ2) is 8.08. The number of carbonyl (C=O) groups is 2. The molecule has 1 aliphatic carbocycles. The Balaban J connectivity index is 1.45. The summed E-state index contributed by atoms with van der Waals surface area (Å²) >= 11 is 6.42. The van der Waals surface area contributed by atoms with Crippen molar-refractivity contribution < 1.29 is 9.59 Å². The maximum atomic E-state index is 12.2. The van der Waals surface area contributed by atoms with E-state index in [1.165, 1.54) is 35.0 Å². The van der Waals surface area contributed by atoms with Gasteiger partial charge in [0.2, 0.25) is 5.91 Å². The number of nitrogens with one attached hydrogen (secondary N) is 1. The Morgan fingerprint density at radius 1 is 1.15 bits per heavy atom. The minimum atomic E-state index is -0.395. The van der Waals surface area contributed by atoms with Gasteiger partial charge in [-0.1, -0.05) is 27.7 Å². The van der Waals surface area contributed by atoms with Crippen molar-refractivity contribution in [2.24, 2.45) is 0 Å². The van der Waals surface area contributed by atoms with Gasteiger partial charge in [-0.3, -0.25) is 14.9 Å². The Hall–Kier alpha value is -1.77. The molecule has 0 radical (unpaired) electrons. The maximum absolute atomic E-state index is 12.2. The average Bonchev–Trinajstić information content (AvgIpc) is 3.06. The highest BCUT2D eigenvalue weighted by Crippen LogP contribution is 2.39. The number of carbonyl (C=O) groups excluding carboxylic acids is 2. The monoisotopic (exact) mass is 461 g/mol. The van der Waals surface area contributed by atoms with Crippen molar-refractivity contribution in [2.75, 3.05) is 5.75 Å². The summed E-state index contributed by atoms with van der Waals surface area (Å²) < 4.78 is 0.882. The lowest BCUT2D eigenvalue weighted by Gasteiger charge is -2.11. The zero-order valence-corrected chi connectivity index (χ0v) is 17.5. The Kier molecular flexibility index (Phi) is 5.56. The molecule has 0 bridgehead atoms. The van der Waals surface area contributed by atoms with Gasteiger partial charge in [-0.25, -0.2) is 9.97 Å². The van der Waals surface area contributed by atoms with Crippen LogP contribution in [-0.2, 0) is 17.6 Å². The number of thiophene rings is 1. The van der Waals surface area contributed by atoms with Gasteiger partial charge < -0.3 is 0 Å². The fraction of sp³-hybridized carbons (Fsp3) is 0.263. The van der Waals surface area contributed by atoms with Crippen LogP contribution in [0.1, 0.15) is 33.6 Å². The third-order valence-electron chi connectivity index (χ3n) is 4.42. The van der Waals surface area contributed by atoms with Gasteiger partial charge in [0, 0.05) is 20.3 Å². The molecular formula is C19H16BrN3O2S2. The molecule has 2 heterocycles. The van der Waals surface area contributed by atoms with Gasteiger partial charge >= 0.3 is 0 Å². The number of thioether (sulfide) groups is 1. The fourth-order valence-corrected chi connectivity index (χ4v) is 5.52. The number of hydrogen-bond acceptors (Lipinski definition) is 6. The van der Waals surface area contributed by atoms with Crippen molar-refractivity contribution in [3.05, 3.63) is 51.1 Å². The van der Waals surface area contributed by atoms with Crippen molar-refractivity contribution in [1.29, 1.82) is 0 Å². The van der Waals surface area contributed by atoms with Crippen LogP contribution in [0.4, 0.5) is 0 Å². The number of amides is 2. The van der Waals surface area contributed by atoms with E-state index in [4.69, 9.17) is 0 Å². The lowest BCUT2D eigenvalue weighted by molar-refractivity contribution is -0.117. The van der Waals surface area contributed by atoms with E-state index in [9.17, 15) is 9.59 Å². The average molecular weight is 462 g/mol. The maximum Gasteiger partial charge on any atom is 0.257 e. The summed E-state index contributed by atoms with van der Waals surface area (Å²) in [7, 11) is 0. The van der Waals surface area contributed by atoms with Gasteiger partial charge in [-0.2, -0.15) is 0 Å². The van der Waals surface area contributed by atoms with E-state index >= 15 is 0 Å². The van der Waals surface area contributed by atoms with E-state index < -0.39 is 5.91 Å². The van der Waals surface area contributed by atoms with Crippen LogP contribution in [0, 0.1) is 0 Å². The number of imide groups is 1. The second-order valence-electron chi connectivity index (χ2n) is 6.24. The first-order valence-electron chi connectivity index (χ1n) is 8.59. The van der Waals surface area contributed by atoms with Crippen LogP contribution in [-0.4, -0.2) is 27.5 Å². The zero-order chi connectivity index (χ0) is 18.8. The molecule has 2 aromatic heterocycles. The molecule has 0 unspecified atom stereocenters. The molecule has 3 aromatic rings. The first-order valence-corrected chi connectivity index (χ1v) is 11.2. The molecule has 1 N–H and O–H groups in total. The number of hydrogen-bond donors (Lipinski definition) is 1. The van der Waals surface area contributed by atoms with Gasteiger partial charge in [0.1, 0.15) is 16.2 Å². The number of nitrogens with zero attached hydrogens (tertiary/aromatic N) is 2. The normalized spacial score (nSPS) is 13.4. The largest absolute Gasteiger partial charge is 0.292 e.